The van der Waals surface area contributed by atoms with E-state index in [2.05, 4.69) is 19.2 Å². The van der Waals surface area contributed by atoms with E-state index in [1.165, 1.54) is 31.9 Å². The molecule has 1 N–H and O–H groups in total. The molecule has 3 unspecified atom stereocenters. The summed E-state index contributed by atoms with van der Waals surface area (Å²) in [7, 11) is -3.10. The maximum Gasteiger partial charge on any atom is 0.175 e. The highest BCUT2D eigenvalue weighted by Gasteiger charge is 2.20. The molecule has 0 radical (unpaired) electrons. The van der Waals surface area contributed by atoms with Gasteiger partial charge in [-0.1, -0.05) is 31.9 Å². The molecule has 0 aromatic heterocycles. The van der Waals surface area contributed by atoms with E-state index < -0.39 is 9.84 Å². The van der Waals surface area contributed by atoms with Gasteiger partial charge in [0.15, 0.2) is 9.84 Å². The molecule has 4 heteroatoms. The van der Waals surface area contributed by atoms with Gasteiger partial charge in [0.25, 0.3) is 0 Å². The van der Waals surface area contributed by atoms with Crippen molar-refractivity contribution >= 4 is 9.84 Å². The third-order valence-electron chi connectivity index (χ3n) is 4.23. The fraction of sp³-hybridized carbons (Fsp3) is 0.625. The molecule has 1 aromatic carbocycles. The van der Waals surface area contributed by atoms with Crippen molar-refractivity contribution in [2.75, 3.05) is 6.26 Å². The summed E-state index contributed by atoms with van der Waals surface area (Å²) in [6.07, 6.45) is 6.38. The average molecular weight is 295 g/mol. The van der Waals surface area contributed by atoms with Gasteiger partial charge in [-0.25, -0.2) is 8.42 Å². The number of hydrogen-bond acceptors (Lipinski definition) is 3. The standard InChI is InChI=1S/C16H25NO2S/c1-12-5-4-6-15(11-12)17-13(2)14-7-9-16(10-8-14)20(3,18)19/h7-10,12-13,15,17H,4-6,11H2,1-3H3. The molecule has 2 rings (SSSR count). The van der Waals surface area contributed by atoms with Crippen LogP contribution in [0.15, 0.2) is 29.2 Å². The van der Waals surface area contributed by atoms with Gasteiger partial charge in [0.1, 0.15) is 0 Å². The minimum atomic E-state index is -3.10. The number of sulfone groups is 1. The number of nitrogens with one attached hydrogen (secondary N) is 1. The van der Waals surface area contributed by atoms with E-state index in [-0.39, 0.29) is 6.04 Å². The Morgan fingerprint density at radius 1 is 1.20 bits per heavy atom. The molecule has 1 aliphatic carbocycles. The molecule has 0 aliphatic heterocycles. The molecular weight excluding hydrogens is 270 g/mol. The molecule has 0 heterocycles. The Bertz CT molecular complexity index is 536. The molecule has 1 saturated carbocycles. The summed E-state index contributed by atoms with van der Waals surface area (Å²) in [5.41, 5.74) is 1.15. The van der Waals surface area contributed by atoms with Crippen LogP contribution in [0, 0.1) is 5.92 Å². The van der Waals surface area contributed by atoms with Gasteiger partial charge in [-0.3, -0.25) is 0 Å². The SMILES string of the molecule is CC1CCCC(NC(C)c2ccc(S(C)(=O)=O)cc2)C1. The molecule has 1 fully saturated rings. The molecule has 3 atom stereocenters. The first-order valence-electron chi connectivity index (χ1n) is 7.42. The van der Waals surface area contributed by atoms with Gasteiger partial charge >= 0.3 is 0 Å². The molecular formula is C16H25NO2S. The van der Waals surface area contributed by atoms with Gasteiger partial charge in [-0.2, -0.15) is 0 Å². The highest BCUT2D eigenvalue weighted by molar-refractivity contribution is 7.90. The van der Waals surface area contributed by atoms with Crippen molar-refractivity contribution in [3.8, 4) is 0 Å². The van der Waals surface area contributed by atoms with Crippen molar-refractivity contribution in [2.24, 2.45) is 5.92 Å². The van der Waals surface area contributed by atoms with Crippen LogP contribution in [0.25, 0.3) is 0 Å². The smallest absolute Gasteiger partial charge is 0.175 e. The zero-order chi connectivity index (χ0) is 14.8. The van der Waals surface area contributed by atoms with E-state index in [1.54, 1.807) is 12.1 Å². The lowest BCUT2D eigenvalue weighted by Gasteiger charge is -2.30. The Hall–Kier alpha value is -0.870. The first-order valence-corrected chi connectivity index (χ1v) is 9.31. The third-order valence-corrected chi connectivity index (χ3v) is 5.36. The molecule has 3 nitrogen and oxygen atoms in total. The molecule has 1 aliphatic rings. The lowest BCUT2D eigenvalue weighted by atomic mass is 9.86. The van der Waals surface area contributed by atoms with Crippen molar-refractivity contribution in [3.63, 3.8) is 0 Å². The van der Waals surface area contributed by atoms with Crippen molar-refractivity contribution in [3.05, 3.63) is 29.8 Å². The second-order valence-corrected chi connectivity index (χ2v) is 8.21. The summed E-state index contributed by atoms with van der Waals surface area (Å²) >= 11 is 0. The molecule has 1 aromatic rings. The van der Waals surface area contributed by atoms with Crippen LogP contribution in [-0.4, -0.2) is 20.7 Å². The lowest BCUT2D eigenvalue weighted by Crippen LogP contribution is -2.35. The Kier molecular flexibility index (Phi) is 4.86. The predicted octanol–water partition coefficient (Wildman–Crippen LogP) is 3.32. The predicted molar refractivity (Wildman–Crippen MR) is 82.5 cm³/mol. The maximum atomic E-state index is 11.5. The Balaban J connectivity index is 2.00. The zero-order valence-corrected chi connectivity index (χ0v) is 13.4. The fourth-order valence-electron chi connectivity index (χ4n) is 3.04. The summed E-state index contributed by atoms with van der Waals surface area (Å²) in [6.45, 7) is 4.47. The van der Waals surface area contributed by atoms with Crippen LogP contribution in [0.4, 0.5) is 0 Å². The van der Waals surface area contributed by atoms with E-state index in [4.69, 9.17) is 0 Å². The number of rotatable bonds is 4. The minimum Gasteiger partial charge on any atom is -0.307 e. The first kappa shape index (κ1) is 15.5. The highest BCUT2D eigenvalue weighted by Crippen LogP contribution is 2.26. The molecule has 0 spiro atoms. The molecule has 0 bridgehead atoms. The Morgan fingerprint density at radius 2 is 1.85 bits per heavy atom. The first-order chi connectivity index (χ1) is 9.36. The van der Waals surface area contributed by atoms with Crippen LogP contribution in [0.3, 0.4) is 0 Å². The van der Waals surface area contributed by atoms with Crippen LogP contribution in [0.5, 0.6) is 0 Å². The van der Waals surface area contributed by atoms with Gasteiger partial charge in [0, 0.05) is 18.3 Å². The topological polar surface area (TPSA) is 46.2 Å². The van der Waals surface area contributed by atoms with Gasteiger partial charge in [0.2, 0.25) is 0 Å². The third kappa shape index (κ3) is 4.06. The summed E-state index contributed by atoms with van der Waals surface area (Å²) in [5, 5.41) is 3.67. The van der Waals surface area contributed by atoms with Gasteiger partial charge in [-0.05, 0) is 43.4 Å². The van der Waals surface area contributed by atoms with Gasteiger partial charge in [-0.15, -0.1) is 0 Å². The average Bonchev–Trinajstić information content (AvgIpc) is 2.38. The van der Waals surface area contributed by atoms with E-state index in [0.717, 1.165) is 11.5 Å². The van der Waals surface area contributed by atoms with Crippen molar-refractivity contribution in [1.29, 1.82) is 0 Å². The second kappa shape index (κ2) is 6.27. The van der Waals surface area contributed by atoms with Crippen LogP contribution in [0.2, 0.25) is 0 Å². The van der Waals surface area contributed by atoms with Crippen LogP contribution in [0.1, 0.15) is 51.1 Å². The van der Waals surface area contributed by atoms with Crippen LogP contribution < -0.4 is 5.32 Å². The largest absolute Gasteiger partial charge is 0.307 e. The van der Waals surface area contributed by atoms with Crippen molar-refractivity contribution < 1.29 is 8.42 Å². The van der Waals surface area contributed by atoms with E-state index in [9.17, 15) is 8.42 Å². The summed E-state index contributed by atoms with van der Waals surface area (Å²) in [4.78, 5) is 0.389. The fourth-order valence-corrected chi connectivity index (χ4v) is 3.67. The normalized spacial score (nSPS) is 25.4. The lowest BCUT2D eigenvalue weighted by molar-refractivity contribution is 0.285. The summed E-state index contributed by atoms with van der Waals surface area (Å²) < 4.78 is 22.9. The van der Waals surface area contributed by atoms with Crippen molar-refractivity contribution in [2.45, 2.75) is 56.5 Å². The van der Waals surface area contributed by atoms with Crippen LogP contribution in [-0.2, 0) is 9.84 Å². The van der Waals surface area contributed by atoms with Gasteiger partial charge in [0.05, 0.1) is 4.90 Å². The zero-order valence-electron chi connectivity index (χ0n) is 12.6. The number of hydrogen-bond donors (Lipinski definition) is 1. The quantitative estimate of drug-likeness (QED) is 0.927. The second-order valence-electron chi connectivity index (χ2n) is 6.20. The monoisotopic (exact) mass is 295 g/mol. The molecule has 112 valence electrons. The summed E-state index contributed by atoms with van der Waals surface area (Å²) in [6, 6.07) is 8.08. The Morgan fingerprint density at radius 3 is 2.40 bits per heavy atom. The van der Waals surface area contributed by atoms with E-state index in [0.29, 0.717) is 10.9 Å². The molecule has 0 amide bonds. The maximum absolute atomic E-state index is 11.5. The highest BCUT2D eigenvalue weighted by atomic mass is 32.2. The van der Waals surface area contributed by atoms with Gasteiger partial charge < -0.3 is 5.32 Å². The van der Waals surface area contributed by atoms with E-state index >= 15 is 0 Å². The summed E-state index contributed by atoms with van der Waals surface area (Å²) in [5.74, 6) is 0.807. The van der Waals surface area contributed by atoms with Crippen LogP contribution >= 0.6 is 0 Å². The van der Waals surface area contributed by atoms with E-state index in [1.807, 2.05) is 12.1 Å². The molecule has 0 saturated heterocycles. The molecule has 20 heavy (non-hydrogen) atoms. The number of benzene rings is 1. The Labute approximate surface area is 122 Å². The van der Waals surface area contributed by atoms with Crippen molar-refractivity contribution in [1.82, 2.24) is 5.32 Å². The minimum absolute atomic E-state index is 0.263.